The maximum absolute atomic E-state index is 13.1. The Morgan fingerprint density at radius 2 is 1.79 bits per heavy atom. The smallest absolute Gasteiger partial charge is 0.416 e. The molecule has 2 aromatic carbocycles. The lowest BCUT2D eigenvalue weighted by Gasteiger charge is -2.32. The zero-order valence-electron chi connectivity index (χ0n) is 15.7. The summed E-state index contributed by atoms with van der Waals surface area (Å²) < 4.78 is 71.9. The Balaban J connectivity index is 2.04. The van der Waals surface area contributed by atoms with Crippen molar-refractivity contribution >= 4 is 21.4 Å². The summed E-state index contributed by atoms with van der Waals surface area (Å²) in [6.07, 6.45) is -4.63. The Morgan fingerprint density at radius 1 is 1.07 bits per heavy atom. The molecule has 0 radical (unpaired) electrons. The Labute approximate surface area is 162 Å². The summed E-state index contributed by atoms with van der Waals surface area (Å²) in [6, 6.07) is 8.80. The molecular formula is C19H21F3N2O3S. The molecule has 0 spiro atoms. The van der Waals surface area contributed by atoms with Crippen molar-refractivity contribution in [3.63, 3.8) is 0 Å². The molecule has 1 aliphatic rings. The number of nitrogens with one attached hydrogen (secondary N) is 1. The molecule has 1 heterocycles. The van der Waals surface area contributed by atoms with E-state index < -0.39 is 26.7 Å². The molecule has 0 atom stereocenters. The summed E-state index contributed by atoms with van der Waals surface area (Å²) in [5.41, 5.74) is -0.293. The van der Waals surface area contributed by atoms with E-state index in [1.54, 1.807) is 18.2 Å². The molecule has 0 amide bonds. The van der Waals surface area contributed by atoms with Gasteiger partial charge in [0.1, 0.15) is 12.4 Å². The summed E-state index contributed by atoms with van der Waals surface area (Å²) in [5, 5.41) is 3.25. The third-order valence-corrected chi connectivity index (χ3v) is 5.86. The Hall–Kier alpha value is -2.42. The standard InChI is InChI=1S/C19H21F3N2O3S/c1-18(2,3)23-14-7-8-17-16(12-14)24(9-10-27-17)28(25,26)15-6-4-5-13(11-15)19(20,21)22/h4-8,11-12,23H,9-10H2,1-3H3. The van der Waals surface area contributed by atoms with Gasteiger partial charge in [0.2, 0.25) is 0 Å². The summed E-state index contributed by atoms with van der Waals surface area (Å²) in [7, 11) is -4.19. The first kappa shape index (κ1) is 20.3. The SMILES string of the molecule is CC(C)(C)Nc1ccc2c(c1)N(S(=O)(=O)c1cccc(C(F)(F)F)c1)CCO2. The van der Waals surface area contributed by atoms with Crippen molar-refractivity contribution in [1.82, 2.24) is 0 Å². The van der Waals surface area contributed by atoms with Crippen LogP contribution < -0.4 is 14.4 Å². The van der Waals surface area contributed by atoms with Gasteiger partial charge in [-0.3, -0.25) is 4.31 Å². The molecule has 0 unspecified atom stereocenters. The van der Waals surface area contributed by atoms with Crippen LogP contribution in [-0.2, 0) is 16.2 Å². The molecule has 1 aliphatic heterocycles. The molecule has 0 saturated carbocycles. The number of ether oxygens (including phenoxy) is 1. The zero-order valence-corrected chi connectivity index (χ0v) is 16.5. The van der Waals surface area contributed by atoms with Gasteiger partial charge in [0.05, 0.1) is 22.7 Å². The number of nitrogens with zero attached hydrogens (tertiary/aromatic N) is 1. The van der Waals surface area contributed by atoms with Crippen molar-refractivity contribution in [2.45, 2.75) is 37.4 Å². The van der Waals surface area contributed by atoms with Crippen molar-refractivity contribution in [2.24, 2.45) is 0 Å². The average Bonchev–Trinajstić information content (AvgIpc) is 2.59. The second-order valence-electron chi connectivity index (χ2n) is 7.51. The highest BCUT2D eigenvalue weighted by Gasteiger charge is 2.34. The number of hydrogen-bond donors (Lipinski definition) is 1. The van der Waals surface area contributed by atoms with Gasteiger partial charge in [-0.2, -0.15) is 13.2 Å². The van der Waals surface area contributed by atoms with Crippen molar-refractivity contribution in [3.8, 4) is 5.75 Å². The maximum atomic E-state index is 13.1. The van der Waals surface area contributed by atoms with Crippen LogP contribution in [0, 0.1) is 0 Å². The lowest BCUT2D eigenvalue weighted by Crippen LogP contribution is -2.38. The third-order valence-electron chi connectivity index (χ3n) is 4.05. The normalized spacial score (nSPS) is 15.0. The van der Waals surface area contributed by atoms with Crippen LogP contribution in [-0.4, -0.2) is 27.1 Å². The van der Waals surface area contributed by atoms with E-state index in [-0.39, 0.29) is 24.4 Å². The summed E-state index contributed by atoms with van der Waals surface area (Å²) in [4.78, 5) is -0.413. The van der Waals surface area contributed by atoms with Gasteiger partial charge >= 0.3 is 6.18 Å². The molecule has 0 aromatic heterocycles. The number of sulfonamides is 1. The van der Waals surface area contributed by atoms with Gasteiger partial charge in [-0.1, -0.05) is 6.07 Å². The van der Waals surface area contributed by atoms with E-state index in [0.29, 0.717) is 17.5 Å². The zero-order chi connectivity index (χ0) is 20.7. The van der Waals surface area contributed by atoms with Crippen LogP contribution in [0.25, 0.3) is 0 Å². The highest BCUT2D eigenvalue weighted by molar-refractivity contribution is 7.92. The van der Waals surface area contributed by atoms with Crippen LogP contribution in [0.5, 0.6) is 5.75 Å². The van der Waals surface area contributed by atoms with Crippen molar-refractivity contribution in [2.75, 3.05) is 22.8 Å². The predicted octanol–water partition coefficient (Wildman–Crippen LogP) is 4.50. The minimum Gasteiger partial charge on any atom is -0.489 e. The van der Waals surface area contributed by atoms with Gasteiger partial charge < -0.3 is 10.1 Å². The molecule has 2 aromatic rings. The van der Waals surface area contributed by atoms with Gasteiger partial charge in [-0.25, -0.2) is 8.42 Å². The number of rotatable bonds is 3. The van der Waals surface area contributed by atoms with Crippen molar-refractivity contribution in [3.05, 3.63) is 48.0 Å². The molecule has 0 fully saturated rings. The first-order valence-electron chi connectivity index (χ1n) is 8.63. The number of hydrogen-bond acceptors (Lipinski definition) is 4. The first-order chi connectivity index (χ1) is 12.9. The predicted molar refractivity (Wildman–Crippen MR) is 101 cm³/mol. The fraction of sp³-hybridized carbons (Fsp3) is 0.368. The summed E-state index contributed by atoms with van der Waals surface area (Å²) in [5.74, 6) is 0.362. The van der Waals surface area contributed by atoms with Gasteiger partial charge in [0, 0.05) is 11.2 Å². The van der Waals surface area contributed by atoms with E-state index in [1.807, 2.05) is 20.8 Å². The number of fused-ring (bicyclic) bond motifs is 1. The molecule has 1 N–H and O–H groups in total. The van der Waals surface area contributed by atoms with Gasteiger partial charge in [-0.05, 0) is 57.2 Å². The third kappa shape index (κ3) is 4.19. The highest BCUT2D eigenvalue weighted by atomic mass is 32.2. The second kappa shape index (κ2) is 6.88. The average molecular weight is 414 g/mol. The van der Waals surface area contributed by atoms with E-state index in [0.717, 1.165) is 22.5 Å². The fourth-order valence-corrected chi connectivity index (χ4v) is 4.41. The lowest BCUT2D eigenvalue weighted by atomic mass is 10.1. The van der Waals surface area contributed by atoms with Gasteiger partial charge in [0.15, 0.2) is 0 Å². The molecule has 9 heteroatoms. The Morgan fingerprint density at radius 3 is 2.43 bits per heavy atom. The minimum atomic E-state index is -4.63. The van der Waals surface area contributed by atoms with Crippen LogP contribution in [0.1, 0.15) is 26.3 Å². The number of benzene rings is 2. The fourth-order valence-electron chi connectivity index (χ4n) is 2.91. The van der Waals surface area contributed by atoms with Crippen molar-refractivity contribution < 1.29 is 26.3 Å². The number of anilines is 2. The lowest BCUT2D eigenvalue weighted by molar-refractivity contribution is -0.137. The highest BCUT2D eigenvalue weighted by Crippen LogP contribution is 2.38. The van der Waals surface area contributed by atoms with E-state index >= 15 is 0 Å². The molecule has 0 aliphatic carbocycles. The van der Waals surface area contributed by atoms with E-state index in [2.05, 4.69) is 5.32 Å². The Kier molecular flexibility index (Phi) is 4.99. The number of alkyl halides is 3. The van der Waals surface area contributed by atoms with Crippen LogP contribution in [0.2, 0.25) is 0 Å². The molecule has 5 nitrogen and oxygen atoms in total. The van der Waals surface area contributed by atoms with E-state index in [1.165, 1.54) is 0 Å². The minimum absolute atomic E-state index is 0.00451. The first-order valence-corrected chi connectivity index (χ1v) is 10.1. The van der Waals surface area contributed by atoms with Crippen LogP contribution in [0.4, 0.5) is 24.5 Å². The van der Waals surface area contributed by atoms with Gasteiger partial charge in [-0.15, -0.1) is 0 Å². The molecule has 0 saturated heterocycles. The topological polar surface area (TPSA) is 58.6 Å². The molecular weight excluding hydrogens is 393 g/mol. The monoisotopic (exact) mass is 414 g/mol. The van der Waals surface area contributed by atoms with Crippen molar-refractivity contribution in [1.29, 1.82) is 0 Å². The van der Waals surface area contributed by atoms with Crippen LogP contribution in [0.3, 0.4) is 0 Å². The van der Waals surface area contributed by atoms with E-state index in [4.69, 9.17) is 4.74 Å². The molecule has 0 bridgehead atoms. The summed E-state index contributed by atoms with van der Waals surface area (Å²) >= 11 is 0. The van der Waals surface area contributed by atoms with Crippen LogP contribution >= 0.6 is 0 Å². The van der Waals surface area contributed by atoms with Crippen LogP contribution in [0.15, 0.2) is 47.4 Å². The quantitative estimate of drug-likeness (QED) is 0.803. The second-order valence-corrected chi connectivity index (χ2v) is 9.37. The molecule has 28 heavy (non-hydrogen) atoms. The number of halogens is 3. The summed E-state index contributed by atoms with van der Waals surface area (Å²) in [6.45, 7) is 5.99. The molecule has 152 valence electrons. The molecule has 3 rings (SSSR count). The Bertz CT molecular complexity index is 983. The largest absolute Gasteiger partial charge is 0.489 e. The van der Waals surface area contributed by atoms with E-state index in [9.17, 15) is 21.6 Å². The van der Waals surface area contributed by atoms with Gasteiger partial charge in [0.25, 0.3) is 10.0 Å². The maximum Gasteiger partial charge on any atom is 0.416 e.